The average Bonchev–Trinajstić information content (AvgIpc) is 3.38. The Labute approximate surface area is 447 Å². The van der Waals surface area contributed by atoms with Crippen LogP contribution in [0.3, 0.4) is 0 Å². The lowest BCUT2D eigenvalue weighted by atomic mass is 10.0. The number of aliphatic hydroxyl groups is 1. The van der Waals surface area contributed by atoms with Crippen molar-refractivity contribution in [2.24, 2.45) is 0 Å². The first-order chi connectivity index (χ1) is 35.6. The predicted octanol–water partition coefficient (Wildman–Crippen LogP) is 21.3. The van der Waals surface area contributed by atoms with Gasteiger partial charge in [-0.05, 0) is 89.9 Å². The van der Waals surface area contributed by atoms with Gasteiger partial charge in [0.1, 0.15) is 6.61 Å². The summed E-state index contributed by atoms with van der Waals surface area (Å²) < 4.78 is 10.7. The lowest BCUT2D eigenvalue weighted by Crippen LogP contribution is -2.28. The first-order valence-corrected chi connectivity index (χ1v) is 31.1. The first-order valence-electron chi connectivity index (χ1n) is 31.1. The van der Waals surface area contributed by atoms with Gasteiger partial charge in [0.2, 0.25) is 0 Å². The van der Waals surface area contributed by atoms with E-state index in [0.29, 0.717) is 12.8 Å². The summed E-state index contributed by atoms with van der Waals surface area (Å²) in [6, 6.07) is 0. The third kappa shape index (κ3) is 59.6. The third-order valence-electron chi connectivity index (χ3n) is 13.7. The zero-order valence-electron chi connectivity index (χ0n) is 47.7. The molecule has 0 amide bonds. The fraction of sp³-hybridized carbons (Fsp3) is 0.761. The lowest BCUT2D eigenvalue weighted by Gasteiger charge is -2.15. The van der Waals surface area contributed by atoms with Crippen molar-refractivity contribution in [3.63, 3.8) is 0 Å². The maximum absolute atomic E-state index is 12.3. The van der Waals surface area contributed by atoms with Gasteiger partial charge in [0.25, 0.3) is 0 Å². The van der Waals surface area contributed by atoms with E-state index in [2.05, 4.69) is 98.9 Å². The molecule has 0 spiro atoms. The van der Waals surface area contributed by atoms with E-state index < -0.39 is 6.10 Å². The van der Waals surface area contributed by atoms with Crippen LogP contribution >= 0.6 is 0 Å². The van der Waals surface area contributed by atoms with Crippen LogP contribution in [0.1, 0.15) is 309 Å². The van der Waals surface area contributed by atoms with Crippen molar-refractivity contribution in [3.05, 3.63) is 85.1 Å². The van der Waals surface area contributed by atoms with Gasteiger partial charge >= 0.3 is 11.9 Å². The Kier molecular flexibility index (Phi) is 59.8. The number of allylic oxidation sites excluding steroid dienone is 14. The van der Waals surface area contributed by atoms with Crippen LogP contribution in [0.15, 0.2) is 85.1 Å². The number of unbranched alkanes of at least 4 members (excludes halogenated alkanes) is 35. The van der Waals surface area contributed by atoms with Gasteiger partial charge < -0.3 is 14.6 Å². The SMILES string of the molecule is CC/C=C\C/C=C\C/C=C\C/C=C\CCCCCCCCCCCCCCCCCCCCCCC(=O)OC(CO)COC(=O)CCCCCCCCCCCC/C=C\C/C=C\C/C=C\CCCCCCC. The topological polar surface area (TPSA) is 72.8 Å². The minimum Gasteiger partial charge on any atom is -0.462 e. The van der Waals surface area contributed by atoms with Crippen molar-refractivity contribution >= 4 is 11.9 Å². The summed E-state index contributed by atoms with van der Waals surface area (Å²) in [5.41, 5.74) is 0. The quantitative estimate of drug-likeness (QED) is 0.0373. The molecule has 0 aliphatic rings. The Balaban J connectivity index is 3.46. The molecular formula is C67H118O5. The minimum absolute atomic E-state index is 0.0677. The molecule has 0 aromatic rings. The lowest BCUT2D eigenvalue weighted by molar-refractivity contribution is -0.161. The van der Waals surface area contributed by atoms with Crippen LogP contribution in [0, 0.1) is 0 Å². The number of hydrogen-bond donors (Lipinski definition) is 1. The monoisotopic (exact) mass is 1000 g/mol. The van der Waals surface area contributed by atoms with Crippen molar-refractivity contribution in [1.29, 1.82) is 0 Å². The summed E-state index contributed by atoms with van der Waals surface area (Å²) in [5, 5.41) is 9.68. The van der Waals surface area contributed by atoms with Gasteiger partial charge in [-0.1, -0.05) is 292 Å². The second-order valence-electron chi connectivity index (χ2n) is 20.8. The molecule has 5 nitrogen and oxygen atoms in total. The van der Waals surface area contributed by atoms with Crippen LogP contribution in [0.2, 0.25) is 0 Å². The van der Waals surface area contributed by atoms with Gasteiger partial charge in [-0.3, -0.25) is 9.59 Å². The van der Waals surface area contributed by atoms with Gasteiger partial charge in [0.15, 0.2) is 6.10 Å². The zero-order valence-corrected chi connectivity index (χ0v) is 47.7. The molecule has 1 unspecified atom stereocenters. The largest absolute Gasteiger partial charge is 0.462 e. The molecule has 0 aromatic carbocycles. The van der Waals surface area contributed by atoms with Crippen molar-refractivity contribution in [3.8, 4) is 0 Å². The minimum atomic E-state index is -0.777. The smallest absolute Gasteiger partial charge is 0.306 e. The maximum Gasteiger partial charge on any atom is 0.306 e. The van der Waals surface area contributed by atoms with E-state index in [1.807, 2.05) is 0 Å². The summed E-state index contributed by atoms with van der Waals surface area (Å²) in [5.74, 6) is -0.584. The molecule has 0 aliphatic carbocycles. The number of carbonyl (C=O) groups is 2. The summed E-state index contributed by atoms with van der Waals surface area (Å²) in [4.78, 5) is 24.6. The number of aliphatic hydroxyl groups excluding tert-OH is 1. The Hall–Kier alpha value is -2.92. The van der Waals surface area contributed by atoms with Crippen molar-refractivity contribution < 1.29 is 24.2 Å². The van der Waals surface area contributed by atoms with Crippen LogP contribution in [0.25, 0.3) is 0 Å². The molecule has 0 saturated carbocycles. The Morgan fingerprint density at radius 2 is 0.597 bits per heavy atom. The Morgan fingerprint density at radius 1 is 0.333 bits per heavy atom. The van der Waals surface area contributed by atoms with E-state index in [1.54, 1.807) is 0 Å². The Morgan fingerprint density at radius 3 is 0.903 bits per heavy atom. The zero-order chi connectivity index (χ0) is 52.0. The van der Waals surface area contributed by atoms with Gasteiger partial charge in [0, 0.05) is 12.8 Å². The van der Waals surface area contributed by atoms with E-state index in [4.69, 9.17) is 9.47 Å². The standard InChI is InChI=1S/C67H118O5/c1-3-5-7-9-11-13-15-17-19-21-23-25-27-29-30-31-32-33-34-35-36-38-40-42-44-46-48-50-52-54-56-58-60-62-67(70)72-65(63-68)64-71-66(69)61-59-57-55-53-51-49-47-45-43-41-39-37-28-26-24-22-20-18-16-14-12-10-8-6-4-2/h5,7,11,13,16-19,22-25,28,37,65,68H,3-4,6,8-10,12,14-15,20-21,26-27,29-36,38-64H2,1-2H3/b7-5-,13-11-,18-16-,19-17-,24-22-,25-23-,37-28-. The van der Waals surface area contributed by atoms with Crippen molar-refractivity contribution in [1.82, 2.24) is 0 Å². The van der Waals surface area contributed by atoms with E-state index in [-0.39, 0.29) is 25.2 Å². The summed E-state index contributed by atoms with van der Waals surface area (Å²) >= 11 is 0. The molecule has 72 heavy (non-hydrogen) atoms. The average molecular weight is 1000 g/mol. The highest BCUT2D eigenvalue weighted by molar-refractivity contribution is 5.70. The van der Waals surface area contributed by atoms with E-state index in [0.717, 1.165) is 77.0 Å². The molecule has 5 heteroatoms. The molecule has 416 valence electrons. The summed E-state index contributed by atoms with van der Waals surface area (Å²) in [7, 11) is 0. The fourth-order valence-electron chi connectivity index (χ4n) is 9.03. The number of hydrogen-bond acceptors (Lipinski definition) is 5. The highest BCUT2D eigenvalue weighted by Crippen LogP contribution is 2.17. The molecule has 0 rings (SSSR count). The molecule has 0 fully saturated rings. The third-order valence-corrected chi connectivity index (χ3v) is 13.7. The van der Waals surface area contributed by atoms with Gasteiger partial charge in [0.05, 0.1) is 6.61 Å². The van der Waals surface area contributed by atoms with Crippen molar-refractivity contribution in [2.45, 2.75) is 315 Å². The highest BCUT2D eigenvalue weighted by atomic mass is 16.6. The first kappa shape index (κ1) is 69.1. The van der Waals surface area contributed by atoms with Gasteiger partial charge in [-0.2, -0.15) is 0 Å². The molecule has 1 atom stereocenters. The molecule has 0 bridgehead atoms. The van der Waals surface area contributed by atoms with E-state index >= 15 is 0 Å². The highest BCUT2D eigenvalue weighted by Gasteiger charge is 2.16. The van der Waals surface area contributed by atoms with Crippen LogP contribution < -0.4 is 0 Å². The van der Waals surface area contributed by atoms with E-state index in [9.17, 15) is 14.7 Å². The maximum atomic E-state index is 12.3. The fourth-order valence-corrected chi connectivity index (χ4v) is 9.03. The molecule has 0 aliphatic heterocycles. The van der Waals surface area contributed by atoms with Gasteiger partial charge in [-0.15, -0.1) is 0 Å². The number of ether oxygens (including phenoxy) is 2. The molecule has 0 heterocycles. The normalized spacial score (nSPS) is 12.8. The second kappa shape index (κ2) is 62.4. The van der Waals surface area contributed by atoms with Crippen molar-refractivity contribution in [2.75, 3.05) is 13.2 Å². The van der Waals surface area contributed by atoms with Gasteiger partial charge in [-0.25, -0.2) is 0 Å². The van der Waals surface area contributed by atoms with E-state index in [1.165, 1.54) is 205 Å². The molecule has 0 saturated heterocycles. The van der Waals surface area contributed by atoms with Crippen LogP contribution in [0.4, 0.5) is 0 Å². The summed E-state index contributed by atoms with van der Waals surface area (Å²) in [6.45, 7) is 4.04. The molecule has 0 radical (unpaired) electrons. The number of esters is 2. The summed E-state index contributed by atoms with van der Waals surface area (Å²) in [6.07, 6.45) is 87.2. The van der Waals surface area contributed by atoms with Crippen LogP contribution in [0.5, 0.6) is 0 Å². The molecule has 0 aromatic heterocycles. The Bertz CT molecular complexity index is 1320. The van der Waals surface area contributed by atoms with Crippen LogP contribution in [-0.2, 0) is 19.1 Å². The predicted molar refractivity (Wildman–Crippen MR) is 316 cm³/mol. The van der Waals surface area contributed by atoms with Crippen LogP contribution in [-0.4, -0.2) is 36.4 Å². The number of rotatable bonds is 57. The molecular weight excluding hydrogens is 885 g/mol. The second-order valence-corrected chi connectivity index (χ2v) is 20.8. The molecule has 1 N–H and O–H groups in total. The number of carbonyl (C=O) groups excluding carboxylic acids is 2.